The lowest BCUT2D eigenvalue weighted by Gasteiger charge is -2.13. The molecule has 1 rings (SSSR count). The maximum atomic E-state index is 2.32. The van der Waals surface area contributed by atoms with Crippen LogP contribution in [-0.4, -0.2) is 5.75 Å². The van der Waals surface area contributed by atoms with Gasteiger partial charge in [0.1, 0.15) is 0 Å². The van der Waals surface area contributed by atoms with E-state index in [-0.39, 0.29) is 0 Å². The molecule has 0 aromatic heterocycles. The summed E-state index contributed by atoms with van der Waals surface area (Å²) in [6.45, 7) is 4.60. The molecule has 0 saturated heterocycles. The van der Waals surface area contributed by atoms with Gasteiger partial charge >= 0.3 is 0 Å². The van der Waals surface area contributed by atoms with Crippen molar-refractivity contribution in [3.8, 4) is 0 Å². The minimum absolute atomic E-state index is 0.925. The first-order valence-electron chi connectivity index (χ1n) is 6.48. The minimum Gasteiger partial charge on any atom is -0.157 e. The number of hydrogen-bond acceptors (Lipinski definition) is 1. The molecule has 0 radical (unpaired) electrons. The van der Waals surface area contributed by atoms with Crippen LogP contribution >= 0.6 is 11.8 Å². The number of unbranched alkanes of at least 4 members (excludes halogenated alkanes) is 1. The molecular weight excluding hydrogens is 212 g/mol. The molecule has 0 amide bonds. The van der Waals surface area contributed by atoms with Gasteiger partial charge < -0.3 is 0 Å². The van der Waals surface area contributed by atoms with Gasteiger partial charge in [-0.1, -0.05) is 63.4 Å². The third-order valence-corrected chi connectivity index (χ3v) is 4.25. The van der Waals surface area contributed by atoms with E-state index in [2.05, 4.69) is 55.9 Å². The van der Waals surface area contributed by atoms with Crippen LogP contribution < -0.4 is 0 Å². The van der Waals surface area contributed by atoms with E-state index in [1.807, 2.05) is 0 Å². The Morgan fingerprint density at radius 1 is 1.12 bits per heavy atom. The van der Waals surface area contributed by atoms with Crippen LogP contribution in [0.3, 0.4) is 0 Å². The van der Waals surface area contributed by atoms with Crippen molar-refractivity contribution in [2.75, 3.05) is 5.75 Å². The Bertz CT molecular complexity index is 255. The third kappa shape index (κ3) is 5.60. The van der Waals surface area contributed by atoms with Gasteiger partial charge in [0.2, 0.25) is 0 Å². The average Bonchev–Trinajstić information content (AvgIpc) is 2.35. The van der Waals surface area contributed by atoms with Crippen molar-refractivity contribution in [1.82, 2.24) is 0 Å². The second-order valence-corrected chi connectivity index (χ2v) is 5.45. The fourth-order valence-electron chi connectivity index (χ4n) is 1.82. The molecule has 0 nitrogen and oxygen atoms in total. The van der Waals surface area contributed by atoms with Gasteiger partial charge in [-0.15, -0.1) is 0 Å². The maximum Gasteiger partial charge on any atom is 0.0184 e. The van der Waals surface area contributed by atoms with Crippen LogP contribution in [0, 0.1) is 5.92 Å². The number of benzene rings is 1. The molecule has 1 heteroatoms. The predicted octanol–water partition coefficient (Wildman–Crippen LogP) is 5.14. The smallest absolute Gasteiger partial charge is 0.0184 e. The standard InChI is InChI=1S/C15H24S/c1-3-5-9-14(4-2)12-16-13-15-10-7-6-8-11-15/h6-8,10-11,14H,3-5,9,12-13H2,1-2H3. The fourth-order valence-corrected chi connectivity index (χ4v) is 3.10. The largest absolute Gasteiger partial charge is 0.157 e. The minimum atomic E-state index is 0.925. The monoisotopic (exact) mass is 236 g/mol. The summed E-state index contributed by atoms with van der Waals surface area (Å²) in [5.74, 6) is 3.42. The van der Waals surface area contributed by atoms with Gasteiger partial charge in [0, 0.05) is 5.75 Å². The van der Waals surface area contributed by atoms with E-state index in [4.69, 9.17) is 0 Å². The summed E-state index contributed by atoms with van der Waals surface area (Å²) in [5, 5.41) is 0. The molecule has 0 aliphatic rings. The van der Waals surface area contributed by atoms with Gasteiger partial charge in [-0.3, -0.25) is 0 Å². The van der Waals surface area contributed by atoms with E-state index in [0.29, 0.717) is 0 Å². The summed E-state index contributed by atoms with van der Waals surface area (Å²) in [4.78, 5) is 0. The molecule has 0 bridgehead atoms. The topological polar surface area (TPSA) is 0 Å². The van der Waals surface area contributed by atoms with Crippen molar-refractivity contribution < 1.29 is 0 Å². The molecule has 0 aliphatic carbocycles. The van der Waals surface area contributed by atoms with Crippen LogP contribution in [0.1, 0.15) is 45.1 Å². The van der Waals surface area contributed by atoms with Gasteiger partial charge in [0.05, 0.1) is 0 Å². The van der Waals surface area contributed by atoms with Crippen LogP contribution in [0.25, 0.3) is 0 Å². The quantitative estimate of drug-likeness (QED) is 0.602. The molecule has 0 aliphatic heterocycles. The summed E-state index contributed by atoms with van der Waals surface area (Å²) in [6, 6.07) is 10.8. The zero-order valence-corrected chi connectivity index (χ0v) is 11.4. The normalized spacial score (nSPS) is 12.6. The molecule has 1 aromatic rings. The molecule has 0 spiro atoms. The average molecular weight is 236 g/mol. The highest BCUT2D eigenvalue weighted by Gasteiger charge is 2.05. The molecule has 0 fully saturated rings. The van der Waals surface area contributed by atoms with Crippen molar-refractivity contribution in [2.45, 2.75) is 45.3 Å². The molecule has 1 unspecified atom stereocenters. The van der Waals surface area contributed by atoms with Crippen LogP contribution in [0.5, 0.6) is 0 Å². The number of hydrogen-bond donors (Lipinski definition) is 0. The first-order chi connectivity index (χ1) is 7.86. The predicted molar refractivity (Wildman–Crippen MR) is 75.9 cm³/mol. The second-order valence-electron chi connectivity index (χ2n) is 4.42. The van der Waals surface area contributed by atoms with Crippen molar-refractivity contribution in [3.63, 3.8) is 0 Å². The third-order valence-electron chi connectivity index (χ3n) is 3.01. The van der Waals surface area contributed by atoms with E-state index in [0.717, 1.165) is 5.92 Å². The van der Waals surface area contributed by atoms with Gasteiger partial charge in [0.25, 0.3) is 0 Å². The van der Waals surface area contributed by atoms with E-state index >= 15 is 0 Å². The van der Waals surface area contributed by atoms with Gasteiger partial charge in [-0.2, -0.15) is 11.8 Å². The van der Waals surface area contributed by atoms with E-state index in [1.165, 1.54) is 42.8 Å². The Morgan fingerprint density at radius 2 is 1.88 bits per heavy atom. The van der Waals surface area contributed by atoms with Gasteiger partial charge in [0.15, 0.2) is 0 Å². The summed E-state index contributed by atoms with van der Waals surface area (Å²) in [7, 11) is 0. The summed E-state index contributed by atoms with van der Waals surface area (Å²) in [5.41, 5.74) is 1.46. The Hall–Kier alpha value is -0.430. The first-order valence-corrected chi connectivity index (χ1v) is 7.64. The van der Waals surface area contributed by atoms with Crippen LogP contribution in [0.2, 0.25) is 0 Å². The van der Waals surface area contributed by atoms with E-state index in [9.17, 15) is 0 Å². The second kappa shape index (κ2) is 8.69. The molecule has 1 aromatic carbocycles. The first kappa shape index (κ1) is 13.6. The maximum absolute atomic E-state index is 2.32. The lowest BCUT2D eigenvalue weighted by atomic mass is 10.0. The van der Waals surface area contributed by atoms with Gasteiger partial charge in [-0.05, 0) is 23.7 Å². The summed E-state index contributed by atoms with van der Waals surface area (Å²) in [6.07, 6.45) is 5.47. The van der Waals surface area contributed by atoms with Crippen LogP contribution in [-0.2, 0) is 5.75 Å². The molecule has 0 N–H and O–H groups in total. The van der Waals surface area contributed by atoms with Gasteiger partial charge in [-0.25, -0.2) is 0 Å². The highest BCUT2D eigenvalue weighted by Crippen LogP contribution is 2.21. The Kier molecular flexibility index (Phi) is 7.41. The van der Waals surface area contributed by atoms with E-state index in [1.54, 1.807) is 0 Å². The lowest BCUT2D eigenvalue weighted by molar-refractivity contribution is 0.499. The summed E-state index contributed by atoms with van der Waals surface area (Å²) < 4.78 is 0. The molecular formula is C15H24S. The summed E-state index contributed by atoms with van der Waals surface area (Å²) >= 11 is 2.09. The molecule has 0 saturated carbocycles. The fraction of sp³-hybridized carbons (Fsp3) is 0.600. The van der Waals surface area contributed by atoms with E-state index < -0.39 is 0 Å². The Balaban J connectivity index is 2.18. The number of thioether (sulfide) groups is 1. The van der Waals surface area contributed by atoms with Crippen LogP contribution in [0.15, 0.2) is 30.3 Å². The van der Waals surface area contributed by atoms with Crippen molar-refractivity contribution >= 4 is 11.8 Å². The Labute approximate surface area is 105 Å². The zero-order valence-electron chi connectivity index (χ0n) is 10.6. The molecule has 16 heavy (non-hydrogen) atoms. The van der Waals surface area contributed by atoms with Crippen molar-refractivity contribution in [1.29, 1.82) is 0 Å². The Morgan fingerprint density at radius 3 is 2.50 bits per heavy atom. The molecule has 90 valence electrons. The van der Waals surface area contributed by atoms with Crippen molar-refractivity contribution in [3.05, 3.63) is 35.9 Å². The molecule has 1 atom stereocenters. The van der Waals surface area contributed by atoms with Crippen LogP contribution in [0.4, 0.5) is 0 Å². The molecule has 0 heterocycles. The van der Waals surface area contributed by atoms with Crippen molar-refractivity contribution in [2.24, 2.45) is 5.92 Å². The SMILES string of the molecule is CCCCC(CC)CSCc1ccccc1. The zero-order chi connectivity index (χ0) is 11.6. The highest BCUT2D eigenvalue weighted by atomic mass is 32.2. The number of rotatable bonds is 8. The lowest BCUT2D eigenvalue weighted by Crippen LogP contribution is -2.02. The highest BCUT2D eigenvalue weighted by molar-refractivity contribution is 7.98.